The van der Waals surface area contributed by atoms with E-state index >= 15 is 0 Å². The summed E-state index contributed by atoms with van der Waals surface area (Å²) in [5.41, 5.74) is 2.81. The molecule has 0 aliphatic carbocycles. The zero-order valence-corrected chi connectivity index (χ0v) is 15.9. The number of pyridine rings is 1. The van der Waals surface area contributed by atoms with Crippen LogP contribution in [0.3, 0.4) is 0 Å². The molecule has 1 N–H and O–H groups in total. The van der Waals surface area contributed by atoms with Crippen LogP contribution >= 0.6 is 0 Å². The molecule has 4 rings (SSSR count). The molecular weight excluding hydrogens is 358 g/mol. The molecule has 2 amide bonds. The predicted molar refractivity (Wildman–Crippen MR) is 104 cm³/mol. The van der Waals surface area contributed by atoms with Gasteiger partial charge in [-0.1, -0.05) is 6.07 Å². The highest BCUT2D eigenvalue weighted by Crippen LogP contribution is 2.21. The smallest absolute Gasteiger partial charge is 0.317 e. The van der Waals surface area contributed by atoms with Crippen molar-refractivity contribution in [1.82, 2.24) is 29.6 Å². The first kappa shape index (κ1) is 18.2. The third-order valence-corrected chi connectivity index (χ3v) is 4.66. The second-order valence-corrected chi connectivity index (χ2v) is 6.90. The highest BCUT2D eigenvalue weighted by atomic mass is 16.5. The number of anilines is 1. The van der Waals surface area contributed by atoms with E-state index in [2.05, 4.69) is 20.3 Å². The Hall–Kier alpha value is -3.20. The summed E-state index contributed by atoms with van der Waals surface area (Å²) in [6.45, 7) is 1.93. The minimum Gasteiger partial charge on any atom is -0.368 e. The molecule has 1 unspecified atom stereocenters. The molecule has 146 valence electrons. The maximum absolute atomic E-state index is 12.6. The molecule has 9 heteroatoms. The minimum absolute atomic E-state index is 0.110. The summed E-state index contributed by atoms with van der Waals surface area (Å²) in [6, 6.07) is 5.69. The molecule has 1 atom stereocenters. The first-order valence-corrected chi connectivity index (χ1v) is 9.15. The molecule has 1 aliphatic rings. The Morgan fingerprint density at radius 1 is 1.36 bits per heavy atom. The Labute approximate surface area is 163 Å². The Morgan fingerprint density at radius 3 is 3.11 bits per heavy atom. The van der Waals surface area contributed by atoms with Crippen LogP contribution in [0.5, 0.6) is 0 Å². The second kappa shape index (κ2) is 7.81. The number of hydrogen-bond donors (Lipinski definition) is 1. The largest absolute Gasteiger partial charge is 0.368 e. The van der Waals surface area contributed by atoms with Crippen molar-refractivity contribution in [2.24, 2.45) is 0 Å². The zero-order valence-electron chi connectivity index (χ0n) is 15.9. The molecule has 0 radical (unpaired) electrons. The molecule has 1 fully saturated rings. The third kappa shape index (κ3) is 3.89. The number of nitrogens with zero attached hydrogens (tertiary/aromatic N) is 6. The van der Waals surface area contributed by atoms with Gasteiger partial charge in [0.25, 0.3) is 0 Å². The van der Waals surface area contributed by atoms with E-state index in [9.17, 15) is 4.79 Å². The van der Waals surface area contributed by atoms with Crippen LogP contribution in [0.1, 0.15) is 17.4 Å². The lowest BCUT2D eigenvalue weighted by Crippen LogP contribution is -2.47. The van der Waals surface area contributed by atoms with Gasteiger partial charge in [-0.2, -0.15) is 0 Å². The lowest BCUT2D eigenvalue weighted by Gasteiger charge is -2.32. The van der Waals surface area contributed by atoms with Gasteiger partial charge >= 0.3 is 6.03 Å². The number of ether oxygens (including phenoxy) is 1. The number of fused-ring (bicyclic) bond motifs is 1. The highest BCUT2D eigenvalue weighted by Gasteiger charge is 2.26. The van der Waals surface area contributed by atoms with Crippen LogP contribution in [0.4, 0.5) is 10.7 Å². The van der Waals surface area contributed by atoms with E-state index in [0.29, 0.717) is 32.2 Å². The number of carbonyl (C=O) groups is 1. The topological polar surface area (TPSA) is 87.9 Å². The number of amides is 2. The lowest BCUT2D eigenvalue weighted by atomic mass is 10.2. The fourth-order valence-electron chi connectivity index (χ4n) is 3.13. The van der Waals surface area contributed by atoms with E-state index in [1.165, 1.54) is 0 Å². The summed E-state index contributed by atoms with van der Waals surface area (Å²) in [4.78, 5) is 29.1. The van der Waals surface area contributed by atoms with Crippen molar-refractivity contribution in [3.8, 4) is 0 Å². The van der Waals surface area contributed by atoms with E-state index in [4.69, 9.17) is 4.74 Å². The molecule has 1 aliphatic heterocycles. The average Bonchev–Trinajstić information content (AvgIpc) is 3.20. The van der Waals surface area contributed by atoms with Gasteiger partial charge in [0.2, 0.25) is 5.95 Å². The van der Waals surface area contributed by atoms with Crippen LogP contribution in [0.15, 0.2) is 43.1 Å². The molecule has 3 aromatic heterocycles. The molecule has 28 heavy (non-hydrogen) atoms. The van der Waals surface area contributed by atoms with E-state index in [1.54, 1.807) is 23.6 Å². The van der Waals surface area contributed by atoms with Crippen molar-refractivity contribution in [3.05, 3.63) is 54.4 Å². The average molecular weight is 381 g/mol. The molecule has 3 aromatic rings. The van der Waals surface area contributed by atoms with Crippen molar-refractivity contribution in [3.63, 3.8) is 0 Å². The van der Waals surface area contributed by atoms with Crippen LogP contribution in [0, 0.1) is 0 Å². The van der Waals surface area contributed by atoms with Gasteiger partial charge in [-0.05, 0) is 17.7 Å². The first-order valence-electron chi connectivity index (χ1n) is 9.15. The van der Waals surface area contributed by atoms with Crippen LogP contribution in [0.2, 0.25) is 0 Å². The summed E-state index contributed by atoms with van der Waals surface area (Å²) in [5, 5.41) is 2.98. The van der Waals surface area contributed by atoms with E-state index in [1.807, 2.05) is 47.8 Å². The Balaban J connectivity index is 1.38. The molecular formula is C19H23N7O2. The van der Waals surface area contributed by atoms with Crippen molar-refractivity contribution >= 4 is 17.5 Å². The standard InChI is InChI=1S/C19H23N7O2/c1-24(2)18-21-6-5-16(23-18)17-12-25(7-8-28-17)19(27)22-9-14-3-4-15-10-20-13-26(15)11-14/h3-6,10-11,13,17H,7-9,12H2,1-2H3,(H,22,27). The number of imidazole rings is 1. The number of aromatic nitrogens is 4. The van der Waals surface area contributed by atoms with Gasteiger partial charge in [0, 0.05) is 39.6 Å². The number of hydrogen-bond acceptors (Lipinski definition) is 6. The third-order valence-electron chi connectivity index (χ3n) is 4.66. The zero-order chi connectivity index (χ0) is 19.5. The number of morpholine rings is 1. The lowest BCUT2D eigenvalue weighted by molar-refractivity contribution is -0.0176. The van der Waals surface area contributed by atoms with Crippen molar-refractivity contribution in [2.75, 3.05) is 38.7 Å². The highest BCUT2D eigenvalue weighted by molar-refractivity contribution is 5.74. The van der Waals surface area contributed by atoms with Crippen LogP contribution in [-0.4, -0.2) is 64.1 Å². The summed E-state index contributed by atoms with van der Waals surface area (Å²) < 4.78 is 7.77. The quantitative estimate of drug-likeness (QED) is 0.736. The predicted octanol–water partition coefficient (Wildman–Crippen LogP) is 1.47. The van der Waals surface area contributed by atoms with Crippen molar-refractivity contribution < 1.29 is 9.53 Å². The van der Waals surface area contributed by atoms with E-state index in [-0.39, 0.29) is 12.1 Å². The van der Waals surface area contributed by atoms with E-state index < -0.39 is 0 Å². The number of nitrogens with one attached hydrogen (secondary N) is 1. The molecule has 0 aromatic carbocycles. The SMILES string of the molecule is CN(C)c1nccc(C2CN(C(=O)NCc3ccc4cncn4c3)CCO2)n1. The van der Waals surface area contributed by atoms with Gasteiger partial charge in [0.05, 0.1) is 36.9 Å². The molecule has 0 saturated carbocycles. The van der Waals surface area contributed by atoms with Crippen LogP contribution < -0.4 is 10.2 Å². The summed E-state index contributed by atoms with van der Waals surface area (Å²) in [6.07, 6.45) is 6.96. The normalized spacial score (nSPS) is 16.9. The van der Waals surface area contributed by atoms with Gasteiger partial charge in [0.1, 0.15) is 6.10 Å². The number of rotatable bonds is 4. The summed E-state index contributed by atoms with van der Waals surface area (Å²) in [5.74, 6) is 0.623. The Bertz CT molecular complexity index is 972. The Kier molecular flexibility index (Phi) is 5.07. The van der Waals surface area contributed by atoms with E-state index in [0.717, 1.165) is 16.8 Å². The molecule has 4 heterocycles. The second-order valence-electron chi connectivity index (χ2n) is 6.90. The van der Waals surface area contributed by atoms with Gasteiger partial charge in [-0.25, -0.2) is 19.7 Å². The molecule has 9 nitrogen and oxygen atoms in total. The number of carbonyl (C=O) groups excluding carboxylic acids is 1. The van der Waals surface area contributed by atoms with Gasteiger partial charge in [0.15, 0.2) is 0 Å². The Morgan fingerprint density at radius 2 is 2.25 bits per heavy atom. The molecule has 0 bridgehead atoms. The maximum atomic E-state index is 12.6. The maximum Gasteiger partial charge on any atom is 0.317 e. The van der Waals surface area contributed by atoms with Gasteiger partial charge < -0.3 is 24.3 Å². The monoisotopic (exact) mass is 381 g/mol. The van der Waals surface area contributed by atoms with Crippen LogP contribution in [-0.2, 0) is 11.3 Å². The summed E-state index contributed by atoms with van der Waals surface area (Å²) >= 11 is 0. The fraction of sp³-hybridized carbons (Fsp3) is 0.368. The van der Waals surface area contributed by atoms with Gasteiger partial charge in [-0.15, -0.1) is 0 Å². The fourth-order valence-corrected chi connectivity index (χ4v) is 3.13. The van der Waals surface area contributed by atoms with Crippen LogP contribution in [0.25, 0.3) is 5.52 Å². The van der Waals surface area contributed by atoms with Crippen molar-refractivity contribution in [1.29, 1.82) is 0 Å². The van der Waals surface area contributed by atoms with Gasteiger partial charge in [-0.3, -0.25) is 0 Å². The molecule has 1 saturated heterocycles. The number of urea groups is 1. The first-order chi connectivity index (χ1) is 13.6. The summed E-state index contributed by atoms with van der Waals surface area (Å²) in [7, 11) is 3.78. The van der Waals surface area contributed by atoms with Crippen molar-refractivity contribution in [2.45, 2.75) is 12.6 Å². The molecule has 0 spiro atoms. The minimum atomic E-state index is -0.261.